The van der Waals surface area contributed by atoms with Gasteiger partial charge in [-0.3, -0.25) is 9.89 Å². The molecule has 0 radical (unpaired) electrons. The summed E-state index contributed by atoms with van der Waals surface area (Å²) in [6, 6.07) is 7.28. The highest BCUT2D eigenvalue weighted by molar-refractivity contribution is 7.71. The van der Waals surface area contributed by atoms with Gasteiger partial charge in [-0.1, -0.05) is 12.1 Å². The first kappa shape index (κ1) is 12.2. The van der Waals surface area contributed by atoms with Crippen LogP contribution in [-0.2, 0) is 0 Å². The summed E-state index contributed by atoms with van der Waals surface area (Å²) in [6.45, 7) is 0. The molecule has 1 heterocycles. The van der Waals surface area contributed by atoms with Crippen LogP contribution in [0.1, 0.15) is 5.56 Å². The molecule has 2 aromatic rings. The van der Waals surface area contributed by atoms with Crippen molar-refractivity contribution >= 4 is 18.4 Å². The summed E-state index contributed by atoms with van der Waals surface area (Å²) in [5, 5.41) is 10.1. The van der Waals surface area contributed by atoms with E-state index in [2.05, 4.69) is 15.3 Å². The van der Waals surface area contributed by atoms with Crippen LogP contribution in [0.15, 0.2) is 40.4 Å². The lowest BCUT2D eigenvalue weighted by molar-refractivity contribution is 0.414. The summed E-state index contributed by atoms with van der Waals surface area (Å²) in [5.74, 6) is 0.714. The predicted molar refractivity (Wildman–Crippen MR) is 69.7 cm³/mol. The van der Waals surface area contributed by atoms with Gasteiger partial charge in [-0.15, -0.1) is 0 Å². The molecule has 1 aromatic carbocycles. The lowest BCUT2D eigenvalue weighted by Gasteiger charge is -2.00. The van der Waals surface area contributed by atoms with Crippen LogP contribution in [0.3, 0.4) is 0 Å². The third-order valence-electron chi connectivity index (χ3n) is 2.15. The van der Waals surface area contributed by atoms with Crippen LogP contribution in [0.4, 0.5) is 0 Å². The number of nitrogens with one attached hydrogen (secondary N) is 1. The average Bonchev–Trinajstić information content (AvgIpc) is 2.38. The molecule has 0 amide bonds. The van der Waals surface area contributed by atoms with E-state index in [-0.39, 0.29) is 4.77 Å². The maximum atomic E-state index is 11.5. The predicted octanol–water partition coefficient (Wildman–Crippen LogP) is 1.19. The van der Waals surface area contributed by atoms with E-state index in [1.54, 1.807) is 13.2 Å². The van der Waals surface area contributed by atoms with Gasteiger partial charge in [0.05, 0.1) is 13.3 Å². The van der Waals surface area contributed by atoms with Crippen molar-refractivity contribution in [1.82, 2.24) is 14.9 Å². The third kappa shape index (κ3) is 2.69. The fourth-order valence-corrected chi connectivity index (χ4v) is 1.49. The van der Waals surface area contributed by atoms with E-state index < -0.39 is 5.56 Å². The number of hydrogen-bond acceptors (Lipinski definition) is 5. The maximum absolute atomic E-state index is 11.5. The van der Waals surface area contributed by atoms with Gasteiger partial charge in [0.2, 0.25) is 4.77 Å². The minimum atomic E-state index is -0.391. The van der Waals surface area contributed by atoms with E-state index in [9.17, 15) is 4.79 Å². The first-order valence-corrected chi connectivity index (χ1v) is 5.46. The molecule has 0 unspecified atom stereocenters. The highest BCUT2D eigenvalue weighted by atomic mass is 32.1. The van der Waals surface area contributed by atoms with E-state index in [1.165, 1.54) is 6.21 Å². The van der Waals surface area contributed by atoms with Crippen molar-refractivity contribution in [3.05, 3.63) is 51.2 Å². The molecule has 6 nitrogen and oxygen atoms in total. The van der Waals surface area contributed by atoms with E-state index >= 15 is 0 Å². The monoisotopic (exact) mass is 262 g/mol. The highest BCUT2D eigenvalue weighted by Crippen LogP contribution is 2.10. The molecule has 0 aliphatic rings. The third-order valence-corrected chi connectivity index (χ3v) is 2.42. The Balaban J connectivity index is 2.36. The lowest BCUT2D eigenvalue weighted by Crippen LogP contribution is -2.18. The molecule has 0 saturated carbocycles. The Labute approximate surface area is 108 Å². The van der Waals surface area contributed by atoms with Gasteiger partial charge in [0.25, 0.3) is 5.56 Å². The Bertz CT molecular complexity index is 661. The smallest absolute Gasteiger partial charge is 0.293 e. The molecule has 0 spiro atoms. The molecule has 7 heteroatoms. The molecule has 0 aliphatic carbocycles. The van der Waals surface area contributed by atoms with Crippen LogP contribution in [0, 0.1) is 4.77 Å². The fourth-order valence-electron chi connectivity index (χ4n) is 1.30. The molecule has 0 bridgehead atoms. The van der Waals surface area contributed by atoms with Crippen molar-refractivity contribution < 1.29 is 4.74 Å². The van der Waals surface area contributed by atoms with Crippen LogP contribution < -0.4 is 10.3 Å². The molecule has 0 atom stereocenters. The summed E-state index contributed by atoms with van der Waals surface area (Å²) in [5.41, 5.74) is 0.408. The van der Waals surface area contributed by atoms with Crippen molar-refractivity contribution in [3.63, 3.8) is 0 Å². The van der Waals surface area contributed by atoms with Crippen molar-refractivity contribution in [3.8, 4) is 5.75 Å². The molecule has 18 heavy (non-hydrogen) atoms. The SMILES string of the molecule is COc1cccc(/C=N\n2c(=O)cn[nH]c2=S)c1. The van der Waals surface area contributed by atoms with E-state index in [0.29, 0.717) is 5.75 Å². The Morgan fingerprint density at radius 1 is 1.56 bits per heavy atom. The Hall–Kier alpha value is -2.28. The number of aromatic amines is 1. The topological polar surface area (TPSA) is 72.3 Å². The lowest BCUT2D eigenvalue weighted by atomic mass is 10.2. The van der Waals surface area contributed by atoms with E-state index in [0.717, 1.165) is 16.4 Å². The largest absolute Gasteiger partial charge is 0.497 e. The first-order chi connectivity index (χ1) is 8.70. The van der Waals surface area contributed by atoms with Gasteiger partial charge in [0.1, 0.15) is 11.9 Å². The number of benzene rings is 1. The quantitative estimate of drug-likeness (QED) is 0.666. The Morgan fingerprint density at radius 3 is 3.11 bits per heavy atom. The van der Waals surface area contributed by atoms with E-state index in [4.69, 9.17) is 17.0 Å². The summed E-state index contributed by atoms with van der Waals surface area (Å²) < 4.78 is 6.29. The van der Waals surface area contributed by atoms with Crippen LogP contribution in [0.5, 0.6) is 5.75 Å². The second kappa shape index (κ2) is 5.37. The summed E-state index contributed by atoms with van der Waals surface area (Å²) in [7, 11) is 1.58. The number of methoxy groups -OCH3 is 1. The molecule has 0 fully saturated rings. The molecule has 1 aromatic heterocycles. The average molecular weight is 262 g/mol. The van der Waals surface area contributed by atoms with Gasteiger partial charge < -0.3 is 4.74 Å². The zero-order valence-electron chi connectivity index (χ0n) is 9.53. The maximum Gasteiger partial charge on any atom is 0.293 e. The summed E-state index contributed by atoms with van der Waals surface area (Å²) in [6.07, 6.45) is 2.63. The minimum absolute atomic E-state index is 0.140. The number of hydrogen-bond donors (Lipinski definition) is 1. The standard InChI is InChI=1S/C11H10N4O2S/c1-17-9-4-2-3-8(5-9)6-13-15-10(16)7-12-14-11(15)18/h2-7H,1H3,(H,14,18)/b13-6-. The van der Waals surface area contributed by atoms with Crippen LogP contribution >= 0.6 is 12.2 Å². The molecular weight excluding hydrogens is 252 g/mol. The number of rotatable bonds is 3. The number of ether oxygens (including phenoxy) is 1. The van der Waals surface area contributed by atoms with Gasteiger partial charge in [-0.2, -0.15) is 14.9 Å². The molecule has 1 N–H and O–H groups in total. The second-order valence-corrected chi connectivity index (χ2v) is 3.73. The fraction of sp³-hybridized carbons (Fsp3) is 0.0909. The Kier molecular flexibility index (Phi) is 3.63. The highest BCUT2D eigenvalue weighted by Gasteiger charge is 1.96. The summed E-state index contributed by atoms with van der Waals surface area (Å²) in [4.78, 5) is 11.5. The van der Waals surface area contributed by atoms with Crippen LogP contribution in [0.25, 0.3) is 0 Å². The summed E-state index contributed by atoms with van der Waals surface area (Å²) >= 11 is 4.91. The van der Waals surface area contributed by atoms with Crippen molar-refractivity contribution in [2.45, 2.75) is 0 Å². The van der Waals surface area contributed by atoms with Crippen LogP contribution in [0.2, 0.25) is 0 Å². The zero-order valence-corrected chi connectivity index (χ0v) is 10.3. The molecule has 0 aliphatic heterocycles. The van der Waals surface area contributed by atoms with Crippen molar-refractivity contribution in [2.24, 2.45) is 5.10 Å². The number of aromatic nitrogens is 3. The van der Waals surface area contributed by atoms with Crippen LogP contribution in [-0.4, -0.2) is 28.2 Å². The molecule has 92 valence electrons. The van der Waals surface area contributed by atoms with Gasteiger partial charge in [0, 0.05) is 0 Å². The zero-order chi connectivity index (χ0) is 13.0. The Morgan fingerprint density at radius 2 is 2.39 bits per heavy atom. The minimum Gasteiger partial charge on any atom is -0.497 e. The number of H-pyrrole nitrogens is 1. The van der Waals surface area contributed by atoms with Gasteiger partial charge in [-0.05, 0) is 29.9 Å². The normalized spacial score (nSPS) is 10.7. The second-order valence-electron chi connectivity index (χ2n) is 3.35. The van der Waals surface area contributed by atoms with Gasteiger partial charge >= 0.3 is 0 Å². The van der Waals surface area contributed by atoms with Crippen molar-refractivity contribution in [1.29, 1.82) is 0 Å². The van der Waals surface area contributed by atoms with Gasteiger partial charge in [0.15, 0.2) is 0 Å². The van der Waals surface area contributed by atoms with E-state index in [1.807, 2.05) is 18.2 Å². The molecule has 0 saturated heterocycles. The van der Waals surface area contributed by atoms with Crippen molar-refractivity contribution in [2.75, 3.05) is 7.11 Å². The van der Waals surface area contributed by atoms with Gasteiger partial charge in [-0.25, -0.2) is 0 Å². The first-order valence-electron chi connectivity index (χ1n) is 5.06. The molecule has 2 rings (SSSR count). The number of nitrogens with zero attached hydrogens (tertiary/aromatic N) is 3. The molecular formula is C11H10N4O2S.